The van der Waals surface area contributed by atoms with Crippen LogP contribution in [0.15, 0.2) is 46.9 Å². The Morgan fingerprint density at radius 1 is 1.15 bits per heavy atom. The van der Waals surface area contributed by atoms with Crippen LogP contribution in [0, 0.1) is 0 Å². The van der Waals surface area contributed by atoms with E-state index in [1.54, 1.807) is 0 Å². The lowest BCUT2D eigenvalue weighted by atomic mass is 10.2. The molecule has 0 spiro atoms. The van der Waals surface area contributed by atoms with Crippen molar-refractivity contribution in [2.45, 2.75) is 19.9 Å². The summed E-state index contributed by atoms with van der Waals surface area (Å²) in [4.78, 5) is 0. The third-order valence-electron chi connectivity index (χ3n) is 2.80. The van der Waals surface area contributed by atoms with E-state index in [0.29, 0.717) is 11.6 Å². The Kier molecular flexibility index (Phi) is 5.74. The monoisotopic (exact) mass is 353 g/mol. The molecule has 0 heterocycles. The van der Waals surface area contributed by atoms with Gasteiger partial charge in [-0.25, -0.2) is 0 Å². The van der Waals surface area contributed by atoms with Gasteiger partial charge in [-0.2, -0.15) is 0 Å². The van der Waals surface area contributed by atoms with Crippen molar-refractivity contribution in [2.75, 3.05) is 11.9 Å². The maximum atomic E-state index is 6.05. The molecule has 4 heteroatoms. The summed E-state index contributed by atoms with van der Waals surface area (Å²) in [6, 6.07) is 13.9. The predicted octanol–water partition coefficient (Wildman–Crippen LogP) is 5.50. The highest BCUT2D eigenvalue weighted by molar-refractivity contribution is 9.10. The molecule has 20 heavy (non-hydrogen) atoms. The molecule has 106 valence electrons. The average molecular weight is 355 g/mol. The van der Waals surface area contributed by atoms with Crippen LogP contribution in [0.5, 0.6) is 5.75 Å². The second kappa shape index (κ2) is 7.55. The summed E-state index contributed by atoms with van der Waals surface area (Å²) >= 11 is 9.48. The van der Waals surface area contributed by atoms with Gasteiger partial charge in [0.15, 0.2) is 0 Å². The summed E-state index contributed by atoms with van der Waals surface area (Å²) in [5.74, 6) is 0.841. The molecular weight excluding hydrogens is 338 g/mol. The second-order valence-corrected chi connectivity index (χ2v) is 5.82. The van der Waals surface area contributed by atoms with E-state index in [9.17, 15) is 0 Å². The van der Waals surface area contributed by atoms with E-state index in [2.05, 4.69) is 40.3 Å². The van der Waals surface area contributed by atoms with Gasteiger partial charge < -0.3 is 10.1 Å². The standard InChI is InChI=1S/C16H17BrClNO/c1-2-9-20-16-8-7-14(18)10-15(16)19-11-12-3-5-13(17)6-4-12/h3-8,10,19H,2,9,11H2,1H3. The van der Waals surface area contributed by atoms with Crippen molar-refractivity contribution >= 4 is 33.2 Å². The molecule has 2 nitrogen and oxygen atoms in total. The average Bonchev–Trinajstić information content (AvgIpc) is 2.46. The molecule has 0 saturated heterocycles. The van der Waals surface area contributed by atoms with E-state index in [1.165, 1.54) is 5.56 Å². The molecule has 0 saturated carbocycles. The quantitative estimate of drug-likeness (QED) is 0.739. The van der Waals surface area contributed by atoms with Crippen molar-refractivity contribution in [3.05, 3.63) is 57.5 Å². The first-order valence-electron chi connectivity index (χ1n) is 6.59. The zero-order valence-corrected chi connectivity index (χ0v) is 13.7. The fraction of sp³-hybridized carbons (Fsp3) is 0.250. The molecule has 0 fully saturated rings. The maximum Gasteiger partial charge on any atom is 0.142 e. The molecule has 0 unspecified atom stereocenters. The number of nitrogens with one attached hydrogen (secondary N) is 1. The van der Waals surface area contributed by atoms with E-state index in [4.69, 9.17) is 16.3 Å². The fourth-order valence-electron chi connectivity index (χ4n) is 1.78. The van der Waals surface area contributed by atoms with Gasteiger partial charge in [-0.1, -0.05) is 46.6 Å². The van der Waals surface area contributed by atoms with Gasteiger partial charge in [-0.15, -0.1) is 0 Å². The number of hydrogen-bond acceptors (Lipinski definition) is 2. The summed E-state index contributed by atoms with van der Waals surface area (Å²) < 4.78 is 6.80. The van der Waals surface area contributed by atoms with Gasteiger partial charge in [0.25, 0.3) is 0 Å². The van der Waals surface area contributed by atoms with Crippen LogP contribution in [0.2, 0.25) is 5.02 Å². The van der Waals surface area contributed by atoms with Crippen LogP contribution >= 0.6 is 27.5 Å². The van der Waals surface area contributed by atoms with E-state index in [0.717, 1.165) is 28.9 Å². The summed E-state index contributed by atoms with van der Waals surface area (Å²) in [5, 5.41) is 4.08. The van der Waals surface area contributed by atoms with Crippen molar-refractivity contribution < 1.29 is 4.74 Å². The Morgan fingerprint density at radius 2 is 1.90 bits per heavy atom. The van der Waals surface area contributed by atoms with Crippen LogP contribution in [0.25, 0.3) is 0 Å². The molecule has 0 aromatic heterocycles. The third-order valence-corrected chi connectivity index (χ3v) is 3.56. The van der Waals surface area contributed by atoms with Crippen LogP contribution in [0.3, 0.4) is 0 Å². The number of hydrogen-bond donors (Lipinski definition) is 1. The molecule has 1 N–H and O–H groups in total. The van der Waals surface area contributed by atoms with Crippen molar-refractivity contribution in [1.82, 2.24) is 0 Å². The number of halogens is 2. The maximum absolute atomic E-state index is 6.05. The number of rotatable bonds is 6. The summed E-state index contributed by atoms with van der Waals surface area (Å²) in [7, 11) is 0. The third kappa shape index (κ3) is 4.43. The lowest BCUT2D eigenvalue weighted by molar-refractivity contribution is 0.319. The topological polar surface area (TPSA) is 21.3 Å². The van der Waals surface area contributed by atoms with E-state index in [-0.39, 0.29) is 0 Å². The van der Waals surface area contributed by atoms with Gasteiger partial charge in [0, 0.05) is 16.0 Å². The van der Waals surface area contributed by atoms with Gasteiger partial charge in [-0.3, -0.25) is 0 Å². The van der Waals surface area contributed by atoms with Crippen LogP contribution < -0.4 is 10.1 Å². The first kappa shape index (κ1) is 15.2. The lowest BCUT2D eigenvalue weighted by Gasteiger charge is -2.13. The van der Waals surface area contributed by atoms with Crippen molar-refractivity contribution in [1.29, 1.82) is 0 Å². The molecule has 0 atom stereocenters. The minimum absolute atomic E-state index is 0.701. The summed E-state index contributed by atoms with van der Waals surface area (Å²) in [6.45, 7) is 3.52. The number of ether oxygens (including phenoxy) is 1. The fourth-order valence-corrected chi connectivity index (χ4v) is 2.21. The Bertz CT molecular complexity index is 557. The molecular formula is C16H17BrClNO. The highest BCUT2D eigenvalue weighted by atomic mass is 79.9. The Hall–Kier alpha value is -1.19. The smallest absolute Gasteiger partial charge is 0.142 e. The molecule has 0 radical (unpaired) electrons. The van der Waals surface area contributed by atoms with Crippen molar-refractivity contribution in [2.24, 2.45) is 0 Å². The molecule has 2 rings (SSSR count). The highest BCUT2D eigenvalue weighted by Crippen LogP contribution is 2.28. The van der Waals surface area contributed by atoms with Crippen LogP contribution in [0.4, 0.5) is 5.69 Å². The Balaban J connectivity index is 2.07. The van der Waals surface area contributed by atoms with E-state index in [1.807, 2.05) is 30.3 Å². The van der Waals surface area contributed by atoms with Crippen LogP contribution in [-0.4, -0.2) is 6.61 Å². The minimum Gasteiger partial charge on any atom is -0.491 e. The SMILES string of the molecule is CCCOc1ccc(Cl)cc1NCc1ccc(Br)cc1. The Labute approximate surface area is 133 Å². The van der Waals surface area contributed by atoms with E-state index < -0.39 is 0 Å². The molecule has 0 aliphatic heterocycles. The summed E-state index contributed by atoms with van der Waals surface area (Å²) in [6.07, 6.45) is 0.981. The van der Waals surface area contributed by atoms with Crippen molar-refractivity contribution in [3.8, 4) is 5.75 Å². The number of benzene rings is 2. The Morgan fingerprint density at radius 3 is 2.60 bits per heavy atom. The van der Waals surface area contributed by atoms with Gasteiger partial charge in [0.2, 0.25) is 0 Å². The molecule has 0 bridgehead atoms. The normalized spacial score (nSPS) is 10.3. The largest absolute Gasteiger partial charge is 0.491 e. The molecule has 2 aromatic carbocycles. The number of anilines is 1. The molecule has 0 aliphatic carbocycles. The van der Waals surface area contributed by atoms with E-state index >= 15 is 0 Å². The van der Waals surface area contributed by atoms with Crippen molar-refractivity contribution in [3.63, 3.8) is 0 Å². The first-order chi connectivity index (χ1) is 9.69. The van der Waals surface area contributed by atoms with Crippen LogP contribution in [0.1, 0.15) is 18.9 Å². The zero-order valence-electron chi connectivity index (χ0n) is 11.3. The van der Waals surface area contributed by atoms with Gasteiger partial charge in [0.05, 0.1) is 12.3 Å². The molecule has 0 aliphatic rings. The predicted molar refractivity (Wildman–Crippen MR) is 88.7 cm³/mol. The zero-order chi connectivity index (χ0) is 14.4. The molecule has 2 aromatic rings. The van der Waals surface area contributed by atoms with Crippen LogP contribution in [-0.2, 0) is 6.54 Å². The first-order valence-corrected chi connectivity index (χ1v) is 7.77. The summed E-state index contributed by atoms with van der Waals surface area (Å²) in [5.41, 5.74) is 2.13. The molecule has 0 amide bonds. The van der Waals surface area contributed by atoms with Gasteiger partial charge in [-0.05, 0) is 42.3 Å². The highest BCUT2D eigenvalue weighted by Gasteiger charge is 2.04. The van der Waals surface area contributed by atoms with Gasteiger partial charge in [0.1, 0.15) is 5.75 Å². The lowest BCUT2D eigenvalue weighted by Crippen LogP contribution is -2.03. The second-order valence-electron chi connectivity index (χ2n) is 4.47. The van der Waals surface area contributed by atoms with Gasteiger partial charge >= 0.3 is 0 Å². The minimum atomic E-state index is 0.701.